The molecule has 0 unspecified atom stereocenters. The lowest BCUT2D eigenvalue weighted by molar-refractivity contribution is -0.137. The van der Waals surface area contributed by atoms with E-state index in [9.17, 15) is 22.4 Å². The number of hydrogen-bond donors (Lipinski definition) is 2. The van der Waals surface area contributed by atoms with Crippen molar-refractivity contribution in [1.29, 1.82) is 0 Å². The van der Waals surface area contributed by atoms with Gasteiger partial charge in [-0.1, -0.05) is 12.1 Å². The molecule has 1 heterocycles. The molecule has 3 aromatic rings. The van der Waals surface area contributed by atoms with Crippen molar-refractivity contribution in [1.82, 2.24) is 14.9 Å². The second-order valence-corrected chi connectivity index (χ2v) is 6.38. The molecule has 0 saturated carbocycles. The molecule has 0 atom stereocenters. The number of alkyl halides is 3. The second-order valence-electron chi connectivity index (χ2n) is 5.99. The van der Waals surface area contributed by atoms with E-state index in [0.717, 1.165) is 12.1 Å². The Morgan fingerprint density at radius 1 is 1.07 bits per heavy atom. The third-order valence-corrected chi connectivity index (χ3v) is 4.37. The lowest BCUT2D eigenvalue weighted by Crippen LogP contribution is -2.27. The Hall–Kier alpha value is -2.94. The lowest BCUT2D eigenvalue weighted by Gasteiger charge is -2.10. The minimum absolute atomic E-state index is 0.228. The first-order valence-corrected chi connectivity index (χ1v) is 8.67. The molecule has 9 heteroatoms. The second kappa shape index (κ2) is 7.97. The van der Waals surface area contributed by atoms with E-state index < -0.39 is 23.5 Å². The number of carbonyl (C=O) groups excluding carboxylic acids is 1. The van der Waals surface area contributed by atoms with E-state index in [-0.39, 0.29) is 17.0 Å². The maximum absolute atomic E-state index is 13.1. The van der Waals surface area contributed by atoms with Crippen LogP contribution in [0.25, 0.3) is 5.69 Å². The Labute approximate surface area is 162 Å². The first-order chi connectivity index (χ1) is 13.3. The van der Waals surface area contributed by atoms with E-state index in [1.165, 1.54) is 47.2 Å². The molecule has 4 nitrogen and oxygen atoms in total. The quantitative estimate of drug-likeness (QED) is 0.476. The Kier molecular flexibility index (Phi) is 5.64. The standard InChI is InChI=1S/C19H15F4N3OS/c20-14-5-7-15(8-6-14)26-16(11-25-18(26)28)17(27)24-10-9-12-1-3-13(4-2-12)19(21,22)23/h1-8,11H,9-10H2,(H,24,27)(H,25,28). The topological polar surface area (TPSA) is 49.8 Å². The van der Waals surface area contributed by atoms with Crippen LogP contribution in [0.2, 0.25) is 0 Å². The van der Waals surface area contributed by atoms with Gasteiger partial charge >= 0.3 is 6.18 Å². The van der Waals surface area contributed by atoms with Gasteiger partial charge in [0.1, 0.15) is 11.5 Å². The van der Waals surface area contributed by atoms with Crippen molar-refractivity contribution in [3.63, 3.8) is 0 Å². The smallest absolute Gasteiger partial charge is 0.350 e. The summed E-state index contributed by atoms with van der Waals surface area (Å²) in [5, 5.41) is 2.70. The Morgan fingerprint density at radius 2 is 1.71 bits per heavy atom. The van der Waals surface area contributed by atoms with Crippen LogP contribution in [0.15, 0.2) is 54.7 Å². The van der Waals surface area contributed by atoms with Gasteiger partial charge in [-0.3, -0.25) is 9.36 Å². The van der Waals surface area contributed by atoms with E-state index in [1.54, 1.807) is 0 Å². The van der Waals surface area contributed by atoms with Gasteiger partial charge in [0.2, 0.25) is 0 Å². The summed E-state index contributed by atoms with van der Waals surface area (Å²) in [6, 6.07) is 10.3. The van der Waals surface area contributed by atoms with Crippen molar-refractivity contribution < 1.29 is 22.4 Å². The molecule has 2 aromatic carbocycles. The van der Waals surface area contributed by atoms with Crippen LogP contribution < -0.4 is 5.32 Å². The highest BCUT2D eigenvalue weighted by atomic mass is 32.1. The molecule has 0 bridgehead atoms. The molecule has 28 heavy (non-hydrogen) atoms. The number of imidazole rings is 1. The van der Waals surface area contributed by atoms with Gasteiger partial charge in [0.25, 0.3) is 5.91 Å². The molecule has 0 spiro atoms. The van der Waals surface area contributed by atoms with Crippen LogP contribution >= 0.6 is 12.2 Å². The monoisotopic (exact) mass is 409 g/mol. The fourth-order valence-corrected chi connectivity index (χ4v) is 2.92. The molecule has 2 N–H and O–H groups in total. The zero-order valence-corrected chi connectivity index (χ0v) is 15.2. The van der Waals surface area contributed by atoms with Gasteiger partial charge in [0, 0.05) is 18.4 Å². The Balaban J connectivity index is 1.66. The lowest BCUT2D eigenvalue weighted by atomic mass is 10.1. The molecule has 3 rings (SSSR count). The summed E-state index contributed by atoms with van der Waals surface area (Å²) in [7, 11) is 0. The normalized spacial score (nSPS) is 11.4. The summed E-state index contributed by atoms with van der Waals surface area (Å²) in [4.78, 5) is 15.3. The predicted octanol–water partition coefficient (Wildman–Crippen LogP) is 4.67. The number of carbonyl (C=O) groups is 1. The van der Waals surface area contributed by atoms with Crippen LogP contribution in [0.3, 0.4) is 0 Å². The van der Waals surface area contributed by atoms with Crippen LogP contribution in [-0.2, 0) is 12.6 Å². The SMILES string of the molecule is O=C(NCCc1ccc(C(F)(F)F)cc1)c1c[nH]c(=S)n1-c1ccc(F)cc1. The molecule has 0 aliphatic heterocycles. The summed E-state index contributed by atoms with van der Waals surface area (Å²) in [6.07, 6.45) is -2.57. The highest BCUT2D eigenvalue weighted by Crippen LogP contribution is 2.29. The number of aromatic amines is 1. The number of rotatable bonds is 5. The number of amides is 1. The van der Waals surface area contributed by atoms with Crippen LogP contribution in [0.5, 0.6) is 0 Å². The van der Waals surface area contributed by atoms with E-state index in [4.69, 9.17) is 12.2 Å². The minimum Gasteiger partial charge on any atom is -0.350 e. The Morgan fingerprint density at radius 3 is 2.32 bits per heavy atom. The van der Waals surface area contributed by atoms with E-state index in [2.05, 4.69) is 10.3 Å². The maximum Gasteiger partial charge on any atom is 0.416 e. The first kappa shape index (κ1) is 19.8. The van der Waals surface area contributed by atoms with Gasteiger partial charge in [-0.15, -0.1) is 0 Å². The molecule has 0 aliphatic carbocycles. The summed E-state index contributed by atoms with van der Waals surface area (Å²) in [6.45, 7) is 0.228. The third-order valence-electron chi connectivity index (χ3n) is 4.07. The van der Waals surface area contributed by atoms with Crippen molar-refractivity contribution in [3.05, 3.63) is 82.1 Å². The van der Waals surface area contributed by atoms with Crippen molar-refractivity contribution in [3.8, 4) is 5.69 Å². The zero-order chi connectivity index (χ0) is 20.3. The molecule has 0 aliphatic rings. The van der Waals surface area contributed by atoms with E-state index in [1.807, 2.05) is 0 Å². The van der Waals surface area contributed by atoms with Crippen molar-refractivity contribution in [2.75, 3.05) is 6.54 Å². The van der Waals surface area contributed by atoms with Gasteiger partial charge in [0.05, 0.1) is 5.56 Å². The highest BCUT2D eigenvalue weighted by molar-refractivity contribution is 7.71. The largest absolute Gasteiger partial charge is 0.416 e. The van der Waals surface area contributed by atoms with Crippen molar-refractivity contribution in [2.45, 2.75) is 12.6 Å². The van der Waals surface area contributed by atoms with Gasteiger partial charge in [0.15, 0.2) is 4.77 Å². The van der Waals surface area contributed by atoms with Gasteiger partial charge in [-0.05, 0) is 60.6 Å². The maximum atomic E-state index is 13.1. The summed E-state index contributed by atoms with van der Waals surface area (Å²) in [5.74, 6) is -0.822. The first-order valence-electron chi connectivity index (χ1n) is 8.26. The number of H-pyrrole nitrogens is 1. The molecule has 0 saturated heterocycles. The number of nitrogens with zero attached hydrogens (tertiary/aromatic N) is 1. The number of nitrogens with one attached hydrogen (secondary N) is 2. The molecule has 1 amide bonds. The van der Waals surface area contributed by atoms with E-state index in [0.29, 0.717) is 17.7 Å². The fourth-order valence-electron chi connectivity index (χ4n) is 2.65. The number of hydrogen-bond acceptors (Lipinski definition) is 2. The fraction of sp³-hybridized carbons (Fsp3) is 0.158. The third kappa shape index (κ3) is 4.48. The highest BCUT2D eigenvalue weighted by Gasteiger charge is 2.29. The van der Waals surface area contributed by atoms with Crippen LogP contribution in [0.1, 0.15) is 21.6 Å². The van der Waals surface area contributed by atoms with Crippen molar-refractivity contribution >= 4 is 18.1 Å². The van der Waals surface area contributed by atoms with Gasteiger partial charge < -0.3 is 10.3 Å². The number of benzene rings is 2. The molecule has 0 fully saturated rings. The molecular formula is C19H15F4N3OS. The molecular weight excluding hydrogens is 394 g/mol. The number of aromatic nitrogens is 2. The summed E-state index contributed by atoms with van der Waals surface area (Å²) < 4.78 is 52.6. The number of halogens is 4. The van der Waals surface area contributed by atoms with E-state index >= 15 is 0 Å². The average Bonchev–Trinajstić information content (AvgIpc) is 3.04. The predicted molar refractivity (Wildman–Crippen MR) is 98.4 cm³/mol. The minimum atomic E-state index is -4.38. The van der Waals surface area contributed by atoms with Crippen LogP contribution in [0.4, 0.5) is 17.6 Å². The van der Waals surface area contributed by atoms with Gasteiger partial charge in [-0.2, -0.15) is 13.2 Å². The summed E-state index contributed by atoms with van der Waals surface area (Å²) in [5.41, 5.74) is 0.716. The summed E-state index contributed by atoms with van der Waals surface area (Å²) >= 11 is 5.18. The Bertz CT molecular complexity index is 1020. The molecule has 146 valence electrons. The average molecular weight is 409 g/mol. The van der Waals surface area contributed by atoms with Crippen LogP contribution in [0, 0.1) is 10.6 Å². The van der Waals surface area contributed by atoms with Crippen molar-refractivity contribution in [2.24, 2.45) is 0 Å². The molecule has 1 aromatic heterocycles. The van der Waals surface area contributed by atoms with Crippen LogP contribution in [-0.4, -0.2) is 22.0 Å². The van der Waals surface area contributed by atoms with Gasteiger partial charge in [-0.25, -0.2) is 4.39 Å². The molecule has 0 radical (unpaired) electrons. The zero-order valence-electron chi connectivity index (χ0n) is 14.4.